The van der Waals surface area contributed by atoms with E-state index in [1.165, 1.54) is 11.1 Å². The van der Waals surface area contributed by atoms with Gasteiger partial charge in [0.05, 0.1) is 33.6 Å². The fourth-order valence-corrected chi connectivity index (χ4v) is 7.21. The number of anilines is 1. The van der Waals surface area contributed by atoms with Gasteiger partial charge in [-0.3, -0.25) is 9.97 Å². The number of benzene rings is 5. The van der Waals surface area contributed by atoms with E-state index in [1.807, 2.05) is 30.7 Å². The molecule has 0 amide bonds. The van der Waals surface area contributed by atoms with E-state index < -0.39 is 0 Å². The molecule has 1 aliphatic rings. The monoisotopic (exact) mass is 639 g/mol. The molecule has 0 spiro atoms. The zero-order valence-electron chi connectivity index (χ0n) is 27.0. The lowest BCUT2D eigenvalue weighted by Gasteiger charge is -2.19. The molecule has 10 rings (SSSR count). The zero-order chi connectivity index (χ0) is 33.0. The molecular formula is C45H29N5. The van der Waals surface area contributed by atoms with Gasteiger partial charge in [0.2, 0.25) is 0 Å². The predicted octanol–water partition coefficient (Wildman–Crippen LogP) is 11.0. The second kappa shape index (κ2) is 11.5. The molecule has 9 aromatic rings. The maximum Gasteiger partial charge on any atom is 0.0939 e. The van der Waals surface area contributed by atoms with Crippen LogP contribution in [0, 0.1) is 0 Å². The van der Waals surface area contributed by atoms with Crippen LogP contribution >= 0.6 is 0 Å². The normalized spacial score (nSPS) is 12.4. The Kier molecular flexibility index (Phi) is 6.49. The number of hydrogen-bond donors (Lipinski definition) is 1. The van der Waals surface area contributed by atoms with E-state index in [0.717, 1.165) is 94.9 Å². The highest BCUT2D eigenvalue weighted by Gasteiger charge is 2.16. The summed E-state index contributed by atoms with van der Waals surface area (Å²) in [6, 6.07) is 44.9. The maximum absolute atomic E-state index is 5.14. The molecule has 234 valence electrons. The smallest absolute Gasteiger partial charge is 0.0939 e. The highest BCUT2D eigenvalue weighted by atomic mass is 14.9. The molecule has 5 heterocycles. The molecule has 0 aliphatic carbocycles. The first-order valence-corrected chi connectivity index (χ1v) is 16.8. The third kappa shape index (κ3) is 4.79. The SMILES string of the molecule is C1=Cc2c(-c3ccc(-c4ccc5ccc(-c6ccc7ccc(-c8cncc9ccccc89)nc7c6)cc5n4)cc3)cc3cccnc3c2NC1. The summed E-state index contributed by atoms with van der Waals surface area (Å²) in [6.45, 7) is 0.804. The van der Waals surface area contributed by atoms with E-state index in [0.29, 0.717) is 0 Å². The molecule has 5 nitrogen and oxygen atoms in total. The number of aromatic nitrogens is 4. The molecule has 50 heavy (non-hydrogen) atoms. The van der Waals surface area contributed by atoms with E-state index in [4.69, 9.17) is 9.97 Å². The first kappa shape index (κ1) is 28.3. The van der Waals surface area contributed by atoms with Crippen LogP contribution in [0.5, 0.6) is 0 Å². The molecule has 0 bridgehead atoms. The lowest BCUT2D eigenvalue weighted by Crippen LogP contribution is -2.07. The van der Waals surface area contributed by atoms with Gasteiger partial charge in [0.25, 0.3) is 0 Å². The summed E-state index contributed by atoms with van der Waals surface area (Å²) < 4.78 is 0. The lowest BCUT2D eigenvalue weighted by atomic mass is 9.93. The van der Waals surface area contributed by atoms with E-state index in [1.54, 1.807) is 0 Å². The zero-order valence-corrected chi connectivity index (χ0v) is 27.0. The van der Waals surface area contributed by atoms with Crippen LogP contribution in [0.15, 0.2) is 152 Å². The molecule has 5 aromatic carbocycles. The molecule has 0 saturated carbocycles. The van der Waals surface area contributed by atoms with Crippen molar-refractivity contribution in [3.8, 4) is 44.8 Å². The summed E-state index contributed by atoms with van der Waals surface area (Å²) in [5.41, 5.74) is 13.7. The summed E-state index contributed by atoms with van der Waals surface area (Å²) in [5.74, 6) is 0. The van der Waals surface area contributed by atoms with Gasteiger partial charge in [0.1, 0.15) is 0 Å². The minimum absolute atomic E-state index is 0.804. The Morgan fingerprint density at radius 2 is 1.20 bits per heavy atom. The highest BCUT2D eigenvalue weighted by Crippen LogP contribution is 2.38. The summed E-state index contributed by atoms with van der Waals surface area (Å²) in [7, 11) is 0. The van der Waals surface area contributed by atoms with E-state index in [9.17, 15) is 0 Å². The fraction of sp³-hybridized carbons (Fsp3) is 0.0222. The van der Waals surface area contributed by atoms with Crippen LogP contribution in [-0.2, 0) is 0 Å². The van der Waals surface area contributed by atoms with Gasteiger partial charge in [-0.05, 0) is 64.0 Å². The van der Waals surface area contributed by atoms with Gasteiger partial charge in [-0.25, -0.2) is 9.97 Å². The molecule has 0 fully saturated rings. The summed E-state index contributed by atoms with van der Waals surface area (Å²) >= 11 is 0. The Balaban J connectivity index is 0.991. The van der Waals surface area contributed by atoms with Gasteiger partial charge >= 0.3 is 0 Å². The molecular weight excluding hydrogens is 611 g/mol. The van der Waals surface area contributed by atoms with Crippen molar-refractivity contribution in [1.82, 2.24) is 19.9 Å². The minimum atomic E-state index is 0.804. The number of nitrogens with zero attached hydrogens (tertiary/aromatic N) is 4. The van der Waals surface area contributed by atoms with Gasteiger partial charge < -0.3 is 5.32 Å². The van der Waals surface area contributed by atoms with Crippen molar-refractivity contribution in [2.45, 2.75) is 0 Å². The molecule has 0 saturated heterocycles. The minimum Gasteiger partial charge on any atom is -0.379 e. The third-order valence-electron chi connectivity index (χ3n) is 9.77. The van der Waals surface area contributed by atoms with Crippen LogP contribution in [-0.4, -0.2) is 26.5 Å². The fourth-order valence-electron chi connectivity index (χ4n) is 7.21. The van der Waals surface area contributed by atoms with Crippen molar-refractivity contribution in [2.24, 2.45) is 0 Å². The second-order valence-corrected chi connectivity index (χ2v) is 12.8. The molecule has 1 N–H and O–H groups in total. The number of hydrogen-bond acceptors (Lipinski definition) is 5. The van der Waals surface area contributed by atoms with E-state index >= 15 is 0 Å². The van der Waals surface area contributed by atoms with Gasteiger partial charge in [-0.15, -0.1) is 0 Å². The van der Waals surface area contributed by atoms with Crippen LogP contribution in [0.4, 0.5) is 5.69 Å². The van der Waals surface area contributed by atoms with Crippen molar-refractivity contribution < 1.29 is 0 Å². The van der Waals surface area contributed by atoms with Crippen molar-refractivity contribution in [3.63, 3.8) is 0 Å². The van der Waals surface area contributed by atoms with Crippen molar-refractivity contribution >= 4 is 55.2 Å². The molecule has 4 aromatic heterocycles. The largest absolute Gasteiger partial charge is 0.379 e. The third-order valence-corrected chi connectivity index (χ3v) is 9.77. The average Bonchev–Trinajstić information content (AvgIpc) is 3.19. The molecule has 1 aliphatic heterocycles. The number of nitrogens with one attached hydrogen (secondary N) is 1. The van der Waals surface area contributed by atoms with E-state index in [2.05, 4.69) is 143 Å². The van der Waals surface area contributed by atoms with Crippen LogP contribution in [0.3, 0.4) is 0 Å². The summed E-state index contributed by atoms with van der Waals surface area (Å²) in [4.78, 5) is 19.4. The second-order valence-electron chi connectivity index (χ2n) is 12.8. The molecule has 0 unspecified atom stereocenters. The van der Waals surface area contributed by atoms with Gasteiger partial charge in [0, 0.05) is 63.4 Å². The Morgan fingerprint density at radius 3 is 2.02 bits per heavy atom. The van der Waals surface area contributed by atoms with Gasteiger partial charge in [-0.1, -0.05) is 103 Å². The van der Waals surface area contributed by atoms with Crippen molar-refractivity contribution in [3.05, 3.63) is 158 Å². The Morgan fingerprint density at radius 1 is 0.520 bits per heavy atom. The standard InChI is InChI=1S/C45H29N5/c1-2-7-36-35(5-1)26-46-27-39(36)41-20-18-31-14-16-33(25-43(31)50-41)32-15-13-30-17-19-40(49-42(30)24-32)29-11-9-28(10-12-29)38-23-34-6-3-21-47-44(34)45-37(38)8-4-22-48-45/h1-21,23-27,48H,22H2. The van der Waals surface area contributed by atoms with Crippen LogP contribution in [0.1, 0.15) is 5.56 Å². The van der Waals surface area contributed by atoms with Gasteiger partial charge in [-0.2, -0.15) is 0 Å². The highest BCUT2D eigenvalue weighted by molar-refractivity contribution is 6.02. The van der Waals surface area contributed by atoms with E-state index in [-0.39, 0.29) is 0 Å². The molecule has 0 atom stereocenters. The topological polar surface area (TPSA) is 63.6 Å². The average molecular weight is 640 g/mol. The Hall–Kier alpha value is -6.72. The number of rotatable bonds is 4. The Labute approximate surface area is 288 Å². The number of fused-ring (bicyclic) bond motifs is 6. The maximum atomic E-state index is 5.14. The van der Waals surface area contributed by atoms with Crippen LogP contribution < -0.4 is 5.32 Å². The van der Waals surface area contributed by atoms with Crippen molar-refractivity contribution in [2.75, 3.05) is 11.9 Å². The molecule has 0 radical (unpaired) electrons. The first-order chi connectivity index (χ1) is 24.7. The lowest BCUT2D eigenvalue weighted by molar-refractivity contribution is 1.30. The first-order valence-electron chi connectivity index (χ1n) is 16.8. The predicted molar refractivity (Wildman–Crippen MR) is 207 cm³/mol. The summed E-state index contributed by atoms with van der Waals surface area (Å²) in [5, 5.41) is 9.14. The van der Waals surface area contributed by atoms with Gasteiger partial charge in [0.15, 0.2) is 0 Å². The Bertz CT molecular complexity index is 2810. The van der Waals surface area contributed by atoms with Crippen molar-refractivity contribution in [1.29, 1.82) is 0 Å². The quantitative estimate of drug-likeness (QED) is 0.208. The van der Waals surface area contributed by atoms with Crippen LogP contribution in [0.25, 0.3) is 94.3 Å². The number of pyridine rings is 4. The molecule has 5 heteroatoms. The summed E-state index contributed by atoms with van der Waals surface area (Å²) in [6.07, 6.45) is 10.0. The van der Waals surface area contributed by atoms with Crippen LogP contribution in [0.2, 0.25) is 0 Å².